The van der Waals surface area contributed by atoms with E-state index in [9.17, 15) is 4.79 Å². The van der Waals surface area contributed by atoms with Crippen LogP contribution in [0.3, 0.4) is 0 Å². The fraction of sp³-hybridized carbons (Fsp3) is 0.444. The SMILES string of the molecule is COc1ccc(C(=O)C2CC2)nn1. The number of ether oxygens (including phenoxy) is 1. The molecule has 0 aliphatic heterocycles. The standard InChI is InChI=1S/C9H10N2O2/c1-13-8-5-4-7(10-11-8)9(12)6-2-3-6/h4-6H,2-3H2,1H3. The van der Waals surface area contributed by atoms with Gasteiger partial charge in [-0.2, -0.15) is 0 Å². The van der Waals surface area contributed by atoms with Crippen molar-refractivity contribution in [2.24, 2.45) is 5.92 Å². The lowest BCUT2D eigenvalue weighted by Crippen LogP contribution is -2.05. The lowest BCUT2D eigenvalue weighted by atomic mass is 10.2. The van der Waals surface area contributed by atoms with Gasteiger partial charge in [0.15, 0.2) is 5.78 Å². The zero-order valence-electron chi connectivity index (χ0n) is 7.36. The third kappa shape index (κ3) is 1.66. The van der Waals surface area contributed by atoms with E-state index in [4.69, 9.17) is 4.74 Å². The minimum atomic E-state index is 0.107. The summed E-state index contributed by atoms with van der Waals surface area (Å²) in [4.78, 5) is 11.5. The van der Waals surface area contributed by atoms with Crippen molar-refractivity contribution in [1.29, 1.82) is 0 Å². The molecule has 0 unspecified atom stereocenters. The summed E-state index contributed by atoms with van der Waals surface area (Å²) >= 11 is 0. The maximum atomic E-state index is 11.5. The van der Waals surface area contributed by atoms with Crippen LogP contribution in [-0.2, 0) is 0 Å². The normalized spacial score (nSPS) is 15.5. The molecule has 13 heavy (non-hydrogen) atoms. The summed E-state index contributed by atoms with van der Waals surface area (Å²) in [6, 6.07) is 3.31. The van der Waals surface area contributed by atoms with E-state index >= 15 is 0 Å². The van der Waals surface area contributed by atoms with Gasteiger partial charge in [-0.05, 0) is 18.9 Å². The van der Waals surface area contributed by atoms with E-state index in [-0.39, 0.29) is 11.7 Å². The third-order valence-corrected chi connectivity index (χ3v) is 2.05. The fourth-order valence-electron chi connectivity index (χ4n) is 1.11. The quantitative estimate of drug-likeness (QED) is 0.650. The molecule has 4 nitrogen and oxygen atoms in total. The van der Waals surface area contributed by atoms with Crippen LogP contribution in [0.2, 0.25) is 0 Å². The van der Waals surface area contributed by atoms with Crippen molar-refractivity contribution in [2.75, 3.05) is 7.11 Å². The van der Waals surface area contributed by atoms with Crippen molar-refractivity contribution in [3.63, 3.8) is 0 Å². The van der Waals surface area contributed by atoms with Gasteiger partial charge in [0.25, 0.3) is 0 Å². The smallest absolute Gasteiger partial charge is 0.233 e. The van der Waals surface area contributed by atoms with E-state index in [0.717, 1.165) is 12.8 Å². The number of aromatic nitrogens is 2. The molecular formula is C9H10N2O2. The summed E-state index contributed by atoms with van der Waals surface area (Å²) in [5.74, 6) is 0.741. The summed E-state index contributed by atoms with van der Waals surface area (Å²) in [6.45, 7) is 0. The van der Waals surface area contributed by atoms with Crippen LogP contribution >= 0.6 is 0 Å². The molecule has 68 valence electrons. The van der Waals surface area contributed by atoms with Gasteiger partial charge >= 0.3 is 0 Å². The first-order valence-electron chi connectivity index (χ1n) is 4.23. The Morgan fingerprint density at radius 2 is 2.23 bits per heavy atom. The molecule has 4 heteroatoms. The monoisotopic (exact) mass is 178 g/mol. The molecule has 1 aromatic heterocycles. The minimum absolute atomic E-state index is 0.107. The van der Waals surface area contributed by atoms with E-state index < -0.39 is 0 Å². The predicted octanol–water partition coefficient (Wildman–Crippen LogP) is 1.08. The van der Waals surface area contributed by atoms with Crippen molar-refractivity contribution in [3.8, 4) is 5.88 Å². The van der Waals surface area contributed by atoms with Crippen molar-refractivity contribution >= 4 is 5.78 Å². The summed E-state index contributed by atoms with van der Waals surface area (Å²) in [5, 5.41) is 7.52. The van der Waals surface area contributed by atoms with E-state index in [0.29, 0.717) is 11.6 Å². The van der Waals surface area contributed by atoms with Gasteiger partial charge in [0, 0.05) is 12.0 Å². The number of carbonyl (C=O) groups excluding carboxylic acids is 1. The Balaban J connectivity index is 2.16. The van der Waals surface area contributed by atoms with Gasteiger partial charge in [0.1, 0.15) is 5.69 Å². The number of Topliss-reactive ketones (excluding diaryl/α,β-unsaturated/α-hetero) is 1. The molecule has 0 spiro atoms. The molecule has 1 aliphatic carbocycles. The molecule has 0 bridgehead atoms. The molecular weight excluding hydrogens is 168 g/mol. The Hall–Kier alpha value is -1.45. The fourth-order valence-corrected chi connectivity index (χ4v) is 1.11. The first kappa shape index (κ1) is 8.16. The van der Waals surface area contributed by atoms with Crippen LogP contribution in [0.1, 0.15) is 23.3 Å². The van der Waals surface area contributed by atoms with Crippen molar-refractivity contribution < 1.29 is 9.53 Å². The van der Waals surface area contributed by atoms with Gasteiger partial charge in [-0.25, -0.2) is 0 Å². The van der Waals surface area contributed by atoms with Crippen LogP contribution in [0, 0.1) is 5.92 Å². The molecule has 1 aliphatic rings. The average Bonchev–Trinajstić information content (AvgIpc) is 3.00. The second-order valence-electron chi connectivity index (χ2n) is 3.10. The summed E-state index contributed by atoms with van der Waals surface area (Å²) in [7, 11) is 1.52. The summed E-state index contributed by atoms with van der Waals surface area (Å²) in [6.07, 6.45) is 1.99. The Kier molecular flexibility index (Phi) is 1.96. The van der Waals surface area contributed by atoms with Crippen LogP contribution in [0.15, 0.2) is 12.1 Å². The van der Waals surface area contributed by atoms with Crippen LogP contribution in [-0.4, -0.2) is 23.1 Å². The number of ketones is 1. The molecule has 0 amide bonds. The average molecular weight is 178 g/mol. The Morgan fingerprint density at radius 1 is 1.46 bits per heavy atom. The Bertz CT molecular complexity index is 317. The number of rotatable bonds is 3. The lowest BCUT2D eigenvalue weighted by molar-refractivity contribution is 0.0961. The first-order chi connectivity index (χ1) is 6.31. The second-order valence-corrected chi connectivity index (χ2v) is 3.10. The molecule has 0 atom stereocenters. The van der Waals surface area contributed by atoms with Crippen molar-refractivity contribution in [1.82, 2.24) is 10.2 Å². The zero-order valence-corrected chi connectivity index (χ0v) is 7.36. The number of methoxy groups -OCH3 is 1. The van der Waals surface area contributed by atoms with Gasteiger partial charge in [-0.1, -0.05) is 0 Å². The maximum absolute atomic E-state index is 11.5. The van der Waals surface area contributed by atoms with E-state index in [1.54, 1.807) is 12.1 Å². The van der Waals surface area contributed by atoms with Gasteiger partial charge in [0.2, 0.25) is 5.88 Å². The van der Waals surface area contributed by atoms with Gasteiger partial charge in [-0.3, -0.25) is 4.79 Å². The molecule has 1 heterocycles. The van der Waals surface area contributed by atoms with Crippen LogP contribution < -0.4 is 4.74 Å². The zero-order chi connectivity index (χ0) is 9.26. The Labute approximate surface area is 75.9 Å². The molecule has 0 N–H and O–H groups in total. The molecule has 0 radical (unpaired) electrons. The number of hydrogen-bond acceptors (Lipinski definition) is 4. The third-order valence-electron chi connectivity index (χ3n) is 2.05. The summed E-state index contributed by atoms with van der Waals surface area (Å²) < 4.78 is 4.84. The number of carbonyl (C=O) groups is 1. The molecule has 1 aromatic rings. The van der Waals surface area contributed by atoms with Crippen LogP contribution in [0.25, 0.3) is 0 Å². The molecule has 1 fully saturated rings. The molecule has 0 saturated heterocycles. The Morgan fingerprint density at radius 3 is 2.69 bits per heavy atom. The highest BCUT2D eigenvalue weighted by Gasteiger charge is 2.31. The first-order valence-corrected chi connectivity index (χ1v) is 4.23. The van der Waals surface area contributed by atoms with Gasteiger partial charge < -0.3 is 4.74 Å². The molecule has 1 saturated carbocycles. The topological polar surface area (TPSA) is 52.1 Å². The highest BCUT2D eigenvalue weighted by molar-refractivity contribution is 5.97. The predicted molar refractivity (Wildman–Crippen MR) is 45.6 cm³/mol. The van der Waals surface area contributed by atoms with Crippen molar-refractivity contribution in [2.45, 2.75) is 12.8 Å². The van der Waals surface area contributed by atoms with E-state index in [2.05, 4.69) is 10.2 Å². The molecule has 0 aromatic carbocycles. The number of hydrogen-bond donors (Lipinski definition) is 0. The minimum Gasteiger partial charge on any atom is -0.480 e. The maximum Gasteiger partial charge on any atom is 0.233 e. The number of nitrogens with zero attached hydrogens (tertiary/aromatic N) is 2. The van der Waals surface area contributed by atoms with Gasteiger partial charge in [0.05, 0.1) is 7.11 Å². The van der Waals surface area contributed by atoms with Crippen LogP contribution in [0.5, 0.6) is 5.88 Å². The van der Waals surface area contributed by atoms with E-state index in [1.807, 2.05) is 0 Å². The summed E-state index contributed by atoms with van der Waals surface area (Å²) in [5.41, 5.74) is 0.448. The van der Waals surface area contributed by atoms with Crippen LogP contribution in [0.4, 0.5) is 0 Å². The second kappa shape index (κ2) is 3.12. The largest absolute Gasteiger partial charge is 0.480 e. The van der Waals surface area contributed by atoms with Gasteiger partial charge in [-0.15, -0.1) is 10.2 Å². The highest BCUT2D eigenvalue weighted by Crippen LogP contribution is 2.31. The highest BCUT2D eigenvalue weighted by atomic mass is 16.5. The molecule has 2 rings (SSSR count). The lowest BCUT2D eigenvalue weighted by Gasteiger charge is -1.98. The van der Waals surface area contributed by atoms with E-state index in [1.165, 1.54) is 7.11 Å². The van der Waals surface area contributed by atoms with Crippen molar-refractivity contribution in [3.05, 3.63) is 17.8 Å².